The SMILES string of the molecule is CCNC(=NCc1ncc(C(C)(C)C)o1)NCc1nc(C(C)(C)C)cs1.I. The number of guanidine groups is 1. The van der Waals surface area contributed by atoms with Crippen molar-refractivity contribution in [3.8, 4) is 0 Å². The average molecular weight is 505 g/mol. The number of halogens is 1. The highest BCUT2D eigenvalue weighted by atomic mass is 127. The Bertz CT molecular complexity index is 740. The van der Waals surface area contributed by atoms with Crippen LogP contribution < -0.4 is 10.6 Å². The third-order valence-electron chi connectivity index (χ3n) is 3.74. The van der Waals surface area contributed by atoms with Crippen LogP contribution in [0.25, 0.3) is 0 Å². The maximum Gasteiger partial charge on any atom is 0.216 e. The van der Waals surface area contributed by atoms with Crippen LogP contribution in [0.15, 0.2) is 21.0 Å². The lowest BCUT2D eigenvalue weighted by Gasteiger charge is -2.14. The van der Waals surface area contributed by atoms with Gasteiger partial charge in [0.15, 0.2) is 5.96 Å². The molecule has 0 radical (unpaired) electrons. The molecule has 0 fully saturated rings. The number of rotatable bonds is 5. The van der Waals surface area contributed by atoms with Gasteiger partial charge in [0.2, 0.25) is 5.89 Å². The van der Waals surface area contributed by atoms with E-state index in [4.69, 9.17) is 9.40 Å². The van der Waals surface area contributed by atoms with Gasteiger partial charge >= 0.3 is 0 Å². The highest BCUT2D eigenvalue weighted by molar-refractivity contribution is 14.0. The van der Waals surface area contributed by atoms with Crippen LogP contribution in [0.1, 0.15) is 70.8 Å². The van der Waals surface area contributed by atoms with Crippen LogP contribution >= 0.6 is 35.3 Å². The van der Waals surface area contributed by atoms with Gasteiger partial charge in [-0.25, -0.2) is 15.0 Å². The molecule has 0 saturated carbocycles. The van der Waals surface area contributed by atoms with E-state index >= 15 is 0 Å². The predicted molar refractivity (Wildman–Crippen MR) is 123 cm³/mol. The molecular weight excluding hydrogens is 473 g/mol. The van der Waals surface area contributed by atoms with E-state index in [1.54, 1.807) is 17.5 Å². The first-order chi connectivity index (χ1) is 12.1. The molecule has 6 nitrogen and oxygen atoms in total. The average Bonchev–Trinajstić information content (AvgIpc) is 3.18. The second kappa shape index (κ2) is 9.86. The summed E-state index contributed by atoms with van der Waals surface area (Å²) >= 11 is 1.67. The summed E-state index contributed by atoms with van der Waals surface area (Å²) in [6.07, 6.45) is 1.79. The molecule has 0 unspecified atom stereocenters. The van der Waals surface area contributed by atoms with Crippen LogP contribution in [-0.2, 0) is 23.9 Å². The van der Waals surface area contributed by atoms with Gasteiger partial charge in [0.1, 0.15) is 17.3 Å². The first-order valence-corrected chi connectivity index (χ1v) is 9.90. The molecule has 2 heterocycles. The van der Waals surface area contributed by atoms with E-state index in [1.165, 1.54) is 0 Å². The van der Waals surface area contributed by atoms with Crippen molar-refractivity contribution in [2.24, 2.45) is 4.99 Å². The van der Waals surface area contributed by atoms with Gasteiger partial charge in [0.05, 0.1) is 18.4 Å². The van der Waals surface area contributed by atoms with E-state index in [9.17, 15) is 0 Å². The summed E-state index contributed by atoms with van der Waals surface area (Å²) in [5.74, 6) is 2.23. The van der Waals surface area contributed by atoms with E-state index in [0.717, 1.165) is 29.0 Å². The molecule has 0 aliphatic carbocycles. The van der Waals surface area contributed by atoms with E-state index in [0.29, 0.717) is 19.0 Å². The van der Waals surface area contributed by atoms with Crippen LogP contribution in [0, 0.1) is 0 Å². The van der Waals surface area contributed by atoms with Gasteiger partial charge in [-0.15, -0.1) is 35.3 Å². The van der Waals surface area contributed by atoms with Crippen molar-refractivity contribution in [3.63, 3.8) is 0 Å². The van der Waals surface area contributed by atoms with Crippen molar-refractivity contribution in [1.29, 1.82) is 0 Å². The summed E-state index contributed by atoms with van der Waals surface area (Å²) in [7, 11) is 0. The molecule has 27 heavy (non-hydrogen) atoms. The highest BCUT2D eigenvalue weighted by Gasteiger charge is 2.19. The van der Waals surface area contributed by atoms with Gasteiger partial charge in [-0.05, 0) is 6.92 Å². The smallest absolute Gasteiger partial charge is 0.216 e. The zero-order chi connectivity index (χ0) is 19.4. The molecule has 0 aromatic carbocycles. The van der Waals surface area contributed by atoms with Crippen LogP contribution in [0.2, 0.25) is 0 Å². The molecular formula is C19H32IN5OS. The third-order valence-corrected chi connectivity index (χ3v) is 4.59. The van der Waals surface area contributed by atoms with Gasteiger partial charge in [0, 0.05) is 22.8 Å². The van der Waals surface area contributed by atoms with E-state index < -0.39 is 0 Å². The molecule has 0 amide bonds. The second-order valence-corrected chi connectivity index (χ2v) is 9.24. The van der Waals surface area contributed by atoms with Crippen LogP contribution in [0.3, 0.4) is 0 Å². The van der Waals surface area contributed by atoms with E-state index in [2.05, 4.69) is 67.5 Å². The van der Waals surface area contributed by atoms with Crippen LogP contribution in [0.5, 0.6) is 0 Å². The molecule has 0 aliphatic rings. The first-order valence-electron chi connectivity index (χ1n) is 9.02. The molecule has 0 spiro atoms. The lowest BCUT2D eigenvalue weighted by Crippen LogP contribution is -2.36. The number of aromatic nitrogens is 2. The maximum atomic E-state index is 5.80. The quantitative estimate of drug-likeness (QED) is 0.353. The van der Waals surface area contributed by atoms with Crippen molar-refractivity contribution in [2.75, 3.05) is 6.54 Å². The van der Waals surface area contributed by atoms with E-state index in [1.807, 2.05) is 6.92 Å². The number of thiazole rings is 1. The minimum absolute atomic E-state index is 0. The molecule has 0 bridgehead atoms. The Morgan fingerprint density at radius 3 is 2.37 bits per heavy atom. The molecule has 152 valence electrons. The normalized spacial score (nSPS) is 12.6. The standard InChI is InChI=1S/C19H31N5OS.HI/c1-8-20-17(22-10-15-21-9-14(25-15)19(5,6)7)23-11-16-24-13(12-26-16)18(2,3)4;/h9,12H,8,10-11H2,1-7H3,(H2,20,22,23);1H. The second-order valence-electron chi connectivity index (χ2n) is 8.29. The third kappa shape index (κ3) is 7.40. The maximum absolute atomic E-state index is 5.80. The number of oxazole rings is 1. The summed E-state index contributed by atoms with van der Waals surface area (Å²) in [5.41, 5.74) is 1.15. The van der Waals surface area contributed by atoms with Crippen molar-refractivity contribution in [1.82, 2.24) is 20.6 Å². The Kier molecular flexibility index (Phi) is 8.72. The molecule has 2 rings (SSSR count). The van der Waals surface area contributed by atoms with Crippen molar-refractivity contribution in [2.45, 2.75) is 72.4 Å². The van der Waals surface area contributed by atoms with Gasteiger partial charge in [-0.2, -0.15) is 0 Å². The monoisotopic (exact) mass is 505 g/mol. The Hall–Kier alpha value is -1.16. The zero-order valence-corrected chi connectivity index (χ0v) is 20.5. The Morgan fingerprint density at radius 1 is 1.15 bits per heavy atom. The molecule has 2 N–H and O–H groups in total. The number of hydrogen-bond donors (Lipinski definition) is 2. The topological polar surface area (TPSA) is 75.3 Å². The Labute approximate surface area is 183 Å². The van der Waals surface area contributed by atoms with Gasteiger partial charge in [0.25, 0.3) is 0 Å². The Morgan fingerprint density at radius 2 is 1.85 bits per heavy atom. The molecule has 0 atom stereocenters. The van der Waals surface area contributed by atoms with Crippen molar-refractivity contribution in [3.05, 3.63) is 33.9 Å². The molecule has 0 saturated heterocycles. The van der Waals surface area contributed by atoms with E-state index in [-0.39, 0.29) is 34.8 Å². The lowest BCUT2D eigenvalue weighted by atomic mass is 9.93. The zero-order valence-electron chi connectivity index (χ0n) is 17.3. The molecule has 0 aliphatic heterocycles. The molecule has 2 aromatic heterocycles. The number of nitrogens with one attached hydrogen (secondary N) is 2. The Balaban J connectivity index is 0.00000364. The number of hydrogen-bond acceptors (Lipinski definition) is 5. The summed E-state index contributed by atoms with van der Waals surface area (Å²) in [5, 5.41) is 9.74. The summed E-state index contributed by atoms with van der Waals surface area (Å²) < 4.78 is 5.80. The molecule has 2 aromatic rings. The van der Waals surface area contributed by atoms with Gasteiger partial charge in [-0.3, -0.25) is 0 Å². The fourth-order valence-electron chi connectivity index (χ4n) is 2.11. The highest BCUT2D eigenvalue weighted by Crippen LogP contribution is 2.24. The lowest BCUT2D eigenvalue weighted by molar-refractivity contribution is 0.383. The van der Waals surface area contributed by atoms with Crippen molar-refractivity contribution >= 4 is 41.3 Å². The van der Waals surface area contributed by atoms with Crippen molar-refractivity contribution < 1.29 is 4.42 Å². The largest absolute Gasteiger partial charge is 0.443 e. The van der Waals surface area contributed by atoms with Crippen LogP contribution in [0.4, 0.5) is 0 Å². The minimum atomic E-state index is -0.0483. The van der Waals surface area contributed by atoms with Gasteiger partial charge in [-0.1, -0.05) is 41.5 Å². The predicted octanol–water partition coefficient (Wildman–Crippen LogP) is 4.60. The summed E-state index contributed by atoms with van der Waals surface area (Å²) in [6.45, 7) is 16.7. The number of aliphatic imine (C=N–C) groups is 1. The molecule has 8 heteroatoms. The number of nitrogens with zero attached hydrogens (tertiary/aromatic N) is 3. The first kappa shape index (κ1) is 23.9. The fraction of sp³-hybridized carbons (Fsp3) is 0.632. The van der Waals surface area contributed by atoms with Gasteiger partial charge < -0.3 is 15.1 Å². The summed E-state index contributed by atoms with van der Waals surface area (Å²) in [6, 6.07) is 0. The minimum Gasteiger partial charge on any atom is -0.443 e. The summed E-state index contributed by atoms with van der Waals surface area (Å²) in [4.78, 5) is 13.6. The fourth-order valence-corrected chi connectivity index (χ4v) is 3.07. The van der Waals surface area contributed by atoms with Crippen LogP contribution in [-0.4, -0.2) is 22.5 Å².